The molecule has 0 aliphatic rings. The maximum atomic E-state index is 13.8. The highest BCUT2D eigenvalue weighted by Gasteiger charge is 2.24. The van der Waals surface area contributed by atoms with Crippen molar-refractivity contribution in [3.63, 3.8) is 0 Å². The summed E-state index contributed by atoms with van der Waals surface area (Å²) in [5.74, 6) is 0.272. The molecular formula is C26H25Cl2NO6. The van der Waals surface area contributed by atoms with Gasteiger partial charge in [0.2, 0.25) is 5.75 Å². The molecule has 184 valence electrons. The molecule has 1 amide bonds. The molecule has 0 aliphatic heterocycles. The molecule has 7 nitrogen and oxygen atoms in total. The Morgan fingerprint density at radius 1 is 0.829 bits per heavy atom. The molecule has 0 saturated heterocycles. The third-order valence-electron chi connectivity index (χ3n) is 5.19. The monoisotopic (exact) mass is 517 g/mol. The minimum atomic E-state index is -0.442. The van der Waals surface area contributed by atoms with Crippen LogP contribution >= 0.6 is 23.2 Å². The fraction of sp³-hybridized carbons (Fsp3) is 0.231. The number of nitrogens with zero attached hydrogens (tertiary/aromatic N) is 1. The van der Waals surface area contributed by atoms with E-state index in [1.54, 1.807) is 61.5 Å². The van der Waals surface area contributed by atoms with Crippen molar-refractivity contribution in [2.45, 2.75) is 13.5 Å². The van der Waals surface area contributed by atoms with Crippen LogP contribution in [0.25, 0.3) is 0 Å². The van der Waals surface area contributed by atoms with Gasteiger partial charge < -0.3 is 23.8 Å². The van der Waals surface area contributed by atoms with E-state index in [2.05, 4.69) is 0 Å². The van der Waals surface area contributed by atoms with Crippen LogP contribution in [-0.4, -0.2) is 39.8 Å². The molecule has 9 heteroatoms. The second kappa shape index (κ2) is 11.8. The Kier molecular flexibility index (Phi) is 8.84. The van der Waals surface area contributed by atoms with Gasteiger partial charge in [-0.2, -0.15) is 0 Å². The lowest BCUT2D eigenvalue weighted by molar-refractivity contribution is 0.0526. The van der Waals surface area contributed by atoms with Gasteiger partial charge in [-0.3, -0.25) is 4.79 Å². The quantitative estimate of drug-likeness (QED) is 0.322. The number of carbonyl (C=O) groups excluding carboxylic acids is 2. The number of amides is 1. The van der Waals surface area contributed by atoms with E-state index in [4.69, 9.17) is 42.1 Å². The third kappa shape index (κ3) is 5.99. The number of esters is 1. The lowest BCUT2D eigenvalue weighted by Gasteiger charge is -2.25. The second-order valence-corrected chi connectivity index (χ2v) is 8.15. The highest BCUT2D eigenvalue weighted by molar-refractivity contribution is 6.35. The average molecular weight is 518 g/mol. The third-order valence-corrected chi connectivity index (χ3v) is 5.78. The second-order valence-electron chi connectivity index (χ2n) is 7.31. The molecule has 0 bridgehead atoms. The zero-order valence-corrected chi connectivity index (χ0v) is 21.3. The number of hydrogen-bond acceptors (Lipinski definition) is 6. The van der Waals surface area contributed by atoms with E-state index in [1.165, 1.54) is 26.2 Å². The van der Waals surface area contributed by atoms with Crippen molar-refractivity contribution in [1.82, 2.24) is 0 Å². The Balaban J connectivity index is 2.07. The highest BCUT2D eigenvalue weighted by Crippen LogP contribution is 2.39. The van der Waals surface area contributed by atoms with Crippen LogP contribution in [0.1, 0.15) is 33.2 Å². The maximum Gasteiger partial charge on any atom is 0.338 e. The number of hydrogen-bond donors (Lipinski definition) is 0. The molecule has 0 aromatic heterocycles. The summed E-state index contributed by atoms with van der Waals surface area (Å²) in [6.45, 7) is 2.14. The normalized spacial score (nSPS) is 10.5. The number of anilines is 1. The smallest absolute Gasteiger partial charge is 0.338 e. The zero-order chi connectivity index (χ0) is 25.5. The zero-order valence-electron chi connectivity index (χ0n) is 19.8. The van der Waals surface area contributed by atoms with Crippen LogP contribution in [0.5, 0.6) is 17.2 Å². The standard InChI is InChI=1S/C26H25Cl2NO6/c1-5-35-26(31)16-7-10-20(11-8-16)29(15-17-6-9-19(27)14-21(17)28)25(30)18-12-22(32-2)24(34-4)23(13-18)33-3/h6-14H,5,15H2,1-4H3. The van der Waals surface area contributed by atoms with Crippen LogP contribution in [0.2, 0.25) is 10.0 Å². The first-order valence-corrected chi connectivity index (χ1v) is 11.4. The Morgan fingerprint density at radius 2 is 1.46 bits per heavy atom. The Hall–Kier alpha value is -3.42. The highest BCUT2D eigenvalue weighted by atomic mass is 35.5. The Morgan fingerprint density at radius 3 is 1.97 bits per heavy atom. The molecule has 0 fully saturated rings. The molecule has 0 spiro atoms. The van der Waals surface area contributed by atoms with Gasteiger partial charge >= 0.3 is 5.97 Å². The van der Waals surface area contributed by atoms with Gasteiger partial charge in [-0.05, 0) is 61.0 Å². The van der Waals surface area contributed by atoms with Crippen molar-refractivity contribution >= 4 is 40.8 Å². The van der Waals surface area contributed by atoms with E-state index < -0.39 is 5.97 Å². The predicted octanol–water partition coefficient (Wildman–Crippen LogP) is 6.04. The number of benzene rings is 3. The van der Waals surface area contributed by atoms with Crippen LogP contribution in [0.4, 0.5) is 5.69 Å². The number of ether oxygens (including phenoxy) is 4. The van der Waals surface area contributed by atoms with E-state index in [1.807, 2.05) is 0 Å². The van der Waals surface area contributed by atoms with Gasteiger partial charge in [-0.25, -0.2) is 4.79 Å². The molecule has 3 aromatic rings. The molecule has 3 rings (SSSR count). The van der Waals surface area contributed by atoms with E-state index in [9.17, 15) is 9.59 Å². The predicted molar refractivity (Wildman–Crippen MR) is 135 cm³/mol. The van der Waals surface area contributed by atoms with Crippen LogP contribution in [-0.2, 0) is 11.3 Å². The maximum absolute atomic E-state index is 13.8. The van der Waals surface area contributed by atoms with Crippen molar-refractivity contribution in [3.8, 4) is 17.2 Å². The molecule has 0 unspecified atom stereocenters. The van der Waals surface area contributed by atoms with Crippen LogP contribution < -0.4 is 19.1 Å². The van der Waals surface area contributed by atoms with Gasteiger partial charge in [0.05, 0.1) is 40.0 Å². The first-order chi connectivity index (χ1) is 16.8. The van der Waals surface area contributed by atoms with Crippen LogP contribution in [0.3, 0.4) is 0 Å². The molecular weight excluding hydrogens is 493 g/mol. The molecule has 0 saturated carbocycles. The molecule has 35 heavy (non-hydrogen) atoms. The first kappa shape index (κ1) is 26.2. The number of rotatable bonds is 9. The van der Waals surface area contributed by atoms with E-state index in [-0.39, 0.29) is 19.1 Å². The van der Waals surface area contributed by atoms with Crippen molar-refractivity contribution in [1.29, 1.82) is 0 Å². The fourth-order valence-corrected chi connectivity index (χ4v) is 3.92. The average Bonchev–Trinajstić information content (AvgIpc) is 2.87. The van der Waals surface area contributed by atoms with Gasteiger partial charge in [0.15, 0.2) is 11.5 Å². The SMILES string of the molecule is CCOC(=O)c1ccc(N(Cc2ccc(Cl)cc2Cl)C(=O)c2cc(OC)c(OC)c(OC)c2)cc1. The number of halogens is 2. The van der Waals surface area contributed by atoms with E-state index in [0.717, 1.165) is 0 Å². The molecule has 0 aliphatic carbocycles. The molecule has 0 radical (unpaired) electrons. The number of carbonyl (C=O) groups is 2. The Bertz CT molecular complexity index is 1190. The summed E-state index contributed by atoms with van der Waals surface area (Å²) < 4.78 is 21.2. The van der Waals surface area contributed by atoms with Gasteiger partial charge in [0.1, 0.15) is 0 Å². The minimum absolute atomic E-state index is 0.143. The number of methoxy groups -OCH3 is 3. The van der Waals surface area contributed by atoms with Crippen molar-refractivity contribution < 1.29 is 28.5 Å². The summed E-state index contributed by atoms with van der Waals surface area (Å²) in [5, 5.41) is 0.906. The van der Waals surface area contributed by atoms with E-state index in [0.29, 0.717) is 49.7 Å². The summed E-state index contributed by atoms with van der Waals surface area (Å²) in [7, 11) is 4.44. The minimum Gasteiger partial charge on any atom is -0.493 e. The fourth-order valence-electron chi connectivity index (χ4n) is 3.45. The summed E-state index contributed by atoms with van der Waals surface area (Å²) in [6.07, 6.45) is 0. The van der Waals surface area contributed by atoms with Gasteiger partial charge in [-0.15, -0.1) is 0 Å². The summed E-state index contributed by atoms with van der Waals surface area (Å²) in [4.78, 5) is 27.4. The molecule has 0 atom stereocenters. The lowest BCUT2D eigenvalue weighted by atomic mass is 10.1. The summed E-state index contributed by atoms with van der Waals surface area (Å²) in [5.41, 5.74) is 1.91. The van der Waals surface area contributed by atoms with Gasteiger partial charge in [0.25, 0.3) is 5.91 Å². The van der Waals surface area contributed by atoms with Crippen molar-refractivity contribution in [2.75, 3.05) is 32.8 Å². The topological polar surface area (TPSA) is 74.3 Å². The Labute approximate surface area is 214 Å². The summed E-state index contributed by atoms with van der Waals surface area (Å²) >= 11 is 12.5. The largest absolute Gasteiger partial charge is 0.493 e. The summed E-state index contributed by atoms with van der Waals surface area (Å²) in [6, 6.07) is 14.8. The lowest BCUT2D eigenvalue weighted by Crippen LogP contribution is -2.30. The van der Waals surface area contributed by atoms with Crippen molar-refractivity contribution in [2.24, 2.45) is 0 Å². The molecule has 0 heterocycles. The van der Waals surface area contributed by atoms with Gasteiger partial charge in [-0.1, -0.05) is 29.3 Å². The van der Waals surface area contributed by atoms with E-state index >= 15 is 0 Å². The first-order valence-electron chi connectivity index (χ1n) is 10.7. The molecule has 0 N–H and O–H groups in total. The van der Waals surface area contributed by atoms with Crippen LogP contribution in [0.15, 0.2) is 54.6 Å². The van der Waals surface area contributed by atoms with Gasteiger partial charge in [0, 0.05) is 21.3 Å². The van der Waals surface area contributed by atoms with Crippen LogP contribution in [0, 0.1) is 0 Å². The molecule has 3 aromatic carbocycles. The van der Waals surface area contributed by atoms with Crippen molar-refractivity contribution in [3.05, 3.63) is 81.3 Å².